The number of hydrogen-bond acceptors (Lipinski definition) is 5. The molecule has 0 amide bonds. The number of hydrogen-bond donors (Lipinski definition) is 1. The van der Waals surface area contributed by atoms with Crippen LogP contribution in [0.3, 0.4) is 0 Å². The van der Waals surface area contributed by atoms with Gasteiger partial charge in [-0.3, -0.25) is 4.90 Å². The summed E-state index contributed by atoms with van der Waals surface area (Å²) in [5.41, 5.74) is 1.62. The first-order chi connectivity index (χ1) is 11.1. The van der Waals surface area contributed by atoms with Crippen LogP contribution in [-0.4, -0.2) is 71.6 Å². The van der Waals surface area contributed by atoms with Crippen LogP contribution in [0, 0.1) is 13.8 Å². The van der Waals surface area contributed by atoms with Crippen molar-refractivity contribution >= 4 is 20.0 Å². The number of rotatable bonds is 6. The highest BCUT2D eigenvalue weighted by Gasteiger charge is 2.23. The predicted molar refractivity (Wildman–Crippen MR) is 94.0 cm³/mol. The average molecular weight is 376 g/mol. The van der Waals surface area contributed by atoms with Gasteiger partial charge < -0.3 is 0 Å². The summed E-state index contributed by atoms with van der Waals surface area (Å²) in [7, 11) is -6.67. The lowest BCUT2D eigenvalue weighted by Crippen LogP contribution is -2.49. The Labute approximate surface area is 144 Å². The Hall–Kier alpha value is -1.00. The van der Waals surface area contributed by atoms with E-state index in [-0.39, 0.29) is 0 Å². The van der Waals surface area contributed by atoms with Crippen molar-refractivity contribution in [1.82, 2.24) is 13.9 Å². The van der Waals surface area contributed by atoms with E-state index in [2.05, 4.69) is 9.62 Å². The maximum absolute atomic E-state index is 12.4. The lowest BCUT2D eigenvalue weighted by atomic mass is 10.2. The molecule has 1 aliphatic rings. The van der Waals surface area contributed by atoms with Crippen molar-refractivity contribution in [2.75, 3.05) is 45.5 Å². The van der Waals surface area contributed by atoms with Crippen molar-refractivity contribution in [2.24, 2.45) is 0 Å². The minimum absolute atomic E-state index is 0.300. The van der Waals surface area contributed by atoms with Gasteiger partial charge in [0.2, 0.25) is 20.0 Å². The number of piperazine rings is 1. The molecule has 1 aromatic rings. The highest BCUT2D eigenvalue weighted by atomic mass is 32.2. The van der Waals surface area contributed by atoms with Gasteiger partial charge in [0, 0.05) is 39.3 Å². The van der Waals surface area contributed by atoms with Gasteiger partial charge in [0.25, 0.3) is 0 Å². The molecule has 0 aromatic heterocycles. The standard InChI is InChI=1S/C15H25N3O4S2/c1-13-4-5-14(2)15(12-13)24(21,22)16-6-7-17-8-10-18(11-9-17)23(3,19)20/h4-5,12,16H,6-11H2,1-3H3. The molecule has 0 aliphatic carbocycles. The second-order valence-corrected chi connectivity index (χ2v) is 9.89. The van der Waals surface area contributed by atoms with E-state index < -0.39 is 20.0 Å². The molecule has 1 heterocycles. The largest absolute Gasteiger partial charge is 0.299 e. The zero-order valence-corrected chi connectivity index (χ0v) is 16.0. The quantitative estimate of drug-likeness (QED) is 0.765. The first-order valence-corrected chi connectivity index (χ1v) is 11.2. The predicted octanol–water partition coefficient (Wildman–Crippen LogP) is 0.159. The molecule has 1 aromatic carbocycles. The lowest BCUT2D eigenvalue weighted by molar-refractivity contribution is 0.192. The van der Waals surface area contributed by atoms with Crippen LogP contribution in [0.15, 0.2) is 23.1 Å². The minimum Gasteiger partial charge on any atom is -0.299 e. The van der Waals surface area contributed by atoms with Crippen molar-refractivity contribution in [2.45, 2.75) is 18.7 Å². The van der Waals surface area contributed by atoms with E-state index in [4.69, 9.17) is 0 Å². The molecule has 0 spiro atoms. The Balaban J connectivity index is 1.87. The van der Waals surface area contributed by atoms with Crippen molar-refractivity contribution in [3.8, 4) is 0 Å². The Bertz CT molecular complexity index is 783. The maximum Gasteiger partial charge on any atom is 0.240 e. The number of aryl methyl sites for hydroxylation is 2. The molecule has 2 rings (SSSR count). The maximum atomic E-state index is 12.4. The van der Waals surface area contributed by atoms with E-state index in [1.807, 2.05) is 13.0 Å². The third kappa shape index (κ3) is 5.00. The Kier molecular flexibility index (Phi) is 6.03. The van der Waals surface area contributed by atoms with Crippen molar-refractivity contribution in [3.05, 3.63) is 29.3 Å². The smallest absolute Gasteiger partial charge is 0.240 e. The summed E-state index contributed by atoms with van der Waals surface area (Å²) in [6, 6.07) is 5.35. The Morgan fingerprint density at radius 1 is 1.04 bits per heavy atom. The summed E-state index contributed by atoms with van der Waals surface area (Å²) in [5.74, 6) is 0. The van der Waals surface area contributed by atoms with Crippen LogP contribution >= 0.6 is 0 Å². The van der Waals surface area contributed by atoms with Crippen molar-refractivity contribution in [3.63, 3.8) is 0 Å². The van der Waals surface area contributed by atoms with Gasteiger partial charge >= 0.3 is 0 Å². The van der Waals surface area contributed by atoms with Crippen LogP contribution in [0.2, 0.25) is 0 Å². The van der Waals surface area contributed by atoms with Crippen LogP contribution in [0.25, 0.3) is 0 Å². The van der Waals surface area contributed by atoms with Crippen LogP contribution in [0.1, 0.15) is 11.1 Å². The van der Waals surface area contributed by atoms with Crippen LogP contribution in [0.5, 0.6) is 0 Å². The highest BCUT2D eigenvalue weighted by molar-refractivity contribution is 7.89. The molecule has 136 valence electrons. The summed E-state index contributed by atoms with van der Waals surface area (Å²) < 4.78 is 51.8. The topological polar surface area (TPSA) is 86.8 Å². The molecule has 24 heavy (non-hydrogen) atoms. The second kappa shape index (κ2) is 7.49. The van der Waals surface area contributed by atoms with E-state index in [9.17, 15) is 16.8 Å². The molecule has 0 unspecified atom stereocenters. The van der Waals surface area contributed by atoms with Gasteiger partial charge in [-0.25, -0.2) is 21.6 Å². The normalized spacial score (nSPS) is 18.0. The highest BCUT2D eigenvalue weighted by Crippen LogP contribution is 2.16. The fraction of sp³-hybridized carbons (Fsp3) is 0.600. The van der Waals surface area contributed by atoms with Crippen LogP contribution in [0.4, 0.5) is 0 Å². The average Bonchev–Trinajstić information content (AvgIpc) is 2.49. The Morgan fingerprint density at radius 2 is 1.67 bits per heavy atom. The van der Waals surface area contributed by atoms with E-state index in [1.54, 1.807) is 19.1 Å². The van der Waals surface area contributed by atoms with Gasteiger partial charge in [-0.1, -0.05) is 12.1 Å². The summed E-state index contributed by atoms with van der Waals surface area (Å²) in [4.78, 5) is 2.37. The molecular formula is C15H25N3O4S2. The van der Waals surface area contributed by atoms with Gasteiger partial charge in [-0.05, 0) is 31.0 Å². The van der Waals surface area contributed by atoms with Crippen molar-refractivity contribution < 1.29 is 16.8 Å². The van der Waals surface area contributed by atoms with Gasteiger partial charge in [-0.15, -0.1) is 0 Å². The molecule has 0 radical (unpaired) electrons. The fourth-order valence-corrected chi connectivity index (χ4v) is 4.87. The molecule has 1 fully saturated rings. The minimum atomic E-state index is -3.53. The molecular weight excluding hydrogens is 350 g/mol. The zero-order chi connectivity index (χ0) is 18.0. The SMILES string of the molecule is Cc1ccc(C)c(S(=O)(=O)NCCN2CCN(S(C)(=O)=O)CC2)c1. The van der Waals surface area contributed by atoms with Gasteiger partial charge in [0.15, 0.2) is 0 Å². The lowest BCUT2D eigenvalue weighted by Gasteiger charge is -2.33. The Morgan fingerprint density at radius 3 is 2.25 bits per heavy atom. The van der Waals surface area contributed by atoms with Crippen LogP contribution < -0.4 is 4.72 Å². The summed E-state index contributed by atoms with van der Waals surface area (Å²) in [6.45, 7) is 6.61. The van der Waals surface area contributed by atoms with E-state index >= 15 is 0 Å². The molecule has 1 aliphatic heterocycles. The number of benzene rings is 1. The van der Waals surface area contributed by atoms with Crippen LogP contribution in [-0.2, 0) is 20.0 Å². The fourth-order valence-electron chi connectivity index (χ4n) is 2.70. The molecule has 0 saturated carbocycles. The summed E-state index contributed by atoms with van der Waals surface area (Å²) in [6.07, 6.45) is 1.21. The molecule has 1 saturated heterocycles. The van der Waals surface area contributed by atoms with E-state index in [0.29, 0.717) is 44.2 Å². The first-order valence-electron chi connectivity index (χ1n) is 7.84. The third-order valence-electron chi connectivity index (χ3n) is 4.15. The summed E-state index contributed by atoms with van der Waals surface area (Å²) in [5, 5.41) is 0. The first kappa shape index (κ1) is 19.3. The number of nitrogens with zero attached hydrogens (tertiary/aromatic N) is 2. The molecule has 9 heteroatoms. The van der Waals surface area contributed by atoms with E-state index in [1.165, 1.54) is 10.6 Å². The number of nitrogens with one attached hydrogen (secondary N) is 1. The van der Waals surface area contributed by atoms with Gasteiger partial charge in [0.05, 0.1) is 11.2 Å². The third-order valence-corrected chi connectivity index (χ3v) is 7.06. The molecule has 0 atom stereocenters. The number of sulfonamides is 2. The summed E-state index contributed by atoms with van der Waals surface area (Å²) >= 11 is 0. The van der Waals surface area contributed by atoms with Crippen molar-refractivity contribution in [1.29, 1.82) is 0 Å². The molecule has 0 bridgehead atoms. The monoisotopic (exact) mass is 375 g/mol. The zero-order valence-electron chi connectivity index (χ0n) is 14.3. The molecule has 1 N–H and O–H groups in total. The molecule has 7 nitrogen and oxygen atoms in total. The second-order valence-electron chi connectivity index (χ2n) is 6.17. The van der Waals surface area contributed by atoms with E-state index in [0.717, 1.165) is 11.1 Å². The van der Waals surface area contributed by atoms with Gasteiger partial charge in [0.1, 0.15) is 0 Å². The van der Waals surface area contributed by atoms with Gasteiger partial charge in [-0.2, -0.15) is 4.31 Å².